The summed E-state index contributed by atoms with van der Waals surface area (Å²) in [6.07, 6.45) is 1.51. The first-order valence-corrected chi connectivity index (χ1v) is 8.69. The van der Waals surface area contributed by atoms with E-state index in [2.05, 4.69) is 10.6 Å². The van der Waals surface area contributed by atoms with Crippen LogP contribution in [-0.4, -0.2) is 18.5 Å². The minimum atomic E-state index is -0.286. The molecule has 0 atom stereocenters. The van der Waals surface area contributed by atoms with E-state index in [1.54, 1.807) is 24.0 Å². The summed E-state index contributed by atoms with van der Waals surface area (Å²) in [6, 6.07) is 12.1. The number of halogens is 1. The number of nitrogens with zero attached hydrogens (tertiary/aromatic N) is 1. The minimum absolute atomic E-state index is 0.159. The predicted molar refractivity (Wildman–Crippen MR) is 98.2 cm³/mol. The second kappa shape index (κ2) is 7.99. The van der Waals surface area contributed by atoms with Crippen molar-refractivity contribution in [3.63, 3.8) is 0 Å². The molecule has 0 unspecified atom stereocenters. The molecule has 6 heteroatoms. The van der Waals surface area contributed by atoms with Crippen LogP contribution in [-0.2, 0) is 17.9 Å². The molecule has 26 heavy (non-hydrogen) atoms. The highest BCUT2D eigenvalue weighted by Gasteiger charge is 2.21. The lowest BCUT2D eigenvalue weighted by Crippen LogP contribution is -2.34. The van der Waals surface area contributed by atoms with Crippen molar-refractivity contribution in [2.24, 2.45) is 0 Å². The number of hydrogen-bond donors (Lipinski definition) is 2. The lowest BCUT2D eigenvalue weighted by atomic mass is 10.1. The third kappa shape index (κ3) is 4.39. The van der Waals surface area contributed by atoms with E-state index in [0.29, 0.717) is 25.1 Å². The minimum Gasteiger partial charge on any atom is -0.334 e. The summed E-state index contributed by atoms with van der Waals surface area (Å²) in [7, 11) is 0. The van der Waals surface area contributed by atoms with Gasteiger partial charge in [-0.05, 0) is 48.2 Å². The van der Waals surface area contributed by atoms with Crippen LogP contribution in [0.2, 0.25) is 0 Å². The van der Waals surface area contributed by atoms with Crippen LogP contribution in [0.3, 0.4) is 0 Å². The molecule has 1 aliphatic heterocycles. The zero-order valence-electron chi connectivity index (χ0n) is 14.7. The Morgan fingerprint density at radius 2 is 1.73 bits per heavy atom. The van der Waals surface area contributed by atoms with Gasteiger partial charge in [-0.25, -0.2) is 9.18 Å². The Labute approximate surface area is 152 Å². The van der Waals surface area contributed by atoms with Crippen molar-refractivity contribution < 1.29 is 14.0 Å². The number of amides is 3. The normalized spacial score (nSPS) is 13.8. The number of aryl methyl sites for hydroxylation is 1. The quantitative estimate of drug-likeness (QED) is 0.865. The van der Waals surface area contributed by atoms with Gasteiger partial charge in [0.05, 0.1) is 0 Å². The van der Waals surface area contributed by atoms with E-state index in [-0.39, 0.29) is 17.8 Å². The summed E-state index contributed by atoms with van der Waals surface area (Å²) in [6.45, 7) is 3.19. The van der Waals surface area contributed by atoms with Crippen LogP contribution in [0.15, 0.2) is 42.5 Å². The van der Waals surface area contributed by atoms with Crippen molar-refractivity contribution in [3.05, 3.63) is 65.0 Å². The Balaban J connectivity index is 1.46. The molecule has 1 aliphatic rings. The molecule has 0 aliphatic carbocycles. The summed E-state index contributed by atoms with van der Waals surface area (Å²) < 4.78 is 13.2. The van der Waals surface area contributed by atoms with Crippen molar-refractivity contribution in [2.75, 3.05) is 11.4 Å². The van der Waals surface area contributed by atoms with Crippen LogP contribution in [0.4, 0.5) is 14.9 Å². The van der Waals surface area contributed by atoms with Crippen molar-refractivity contribution >= 4 is 17.6 Å². The third-order valence-electron chi connectivity index (χ3n) is 4.45. The fraction of sp³-hybridized carbons (Fsp3) is 0.300. The van der Waals surface area contributed by atoms with Crippen molar-refractivity contribution in [2.45, 2.75) is 32.9 Å². The second-order valence-corrected chi connectivity index (χ2v) is 6.44. The third-order valence-corrected chi connectivity index (χ3v) is 4.45. The average molecular weight is 355 g/mol. The maximum atomic E-state index is 13.2. The second-order valence-electron chi connectivity index (χ2n) is 6.44. The average Bonchev–Trinajstić information content (AvgIpc) is 3.07. The van der Waals surface area contributed by atoms with Gasteiger partial charge in [0.1, 0.15) is 5.82 Å². The van der Waals surface area contributed by atoms with Gasteiger partial charge in [0.25, 0.3) is 0 Å². The molecule has 3 amide bonds. The Morgan fingerprint density at radius 1 is 1.08 bits per heavy atom. The van der Waals surface area contributed by atoms with Crippen LogP contribution in [0.1, 0.15) is 29.5 Å². The highest BCUT2D eigenvalue weighted by Crippen LogP contribution is 2.21. The van der Waals surface area contributed by atoms with Crippen LogP contribution < -0.4 is 15.5 Å². The molecule has 0 spiro atoms. The number of nitrogens with one attached hydrogen (secondary N) is 2. The van der Waals surface area contributed by atoms with Crippen LogP contribution in [0, 0.1) is 12.7 Å². The zero-order chi connectivity index (χ0) is 18.5. The summed E-state index contributed by atoms with van der Waals surface area (Å²) in [4.78, 5) is 25.4. The molecule has 0 saturated carbocycles. The van der Waals surface area contributed by atoms with Crippen LogP contribution in [0.25, 0.3) is 0 Å². The molecular weight excluding hydrogens is 333 g/mol. The van der Waals surface area contributed by atoms with Crippen molar-refractivity contribution in [1.29, 1.82) is 0 Å². The number of urea groups is 1. The lowest BCUT2D eigenvalue weighted by molar-refractivity contribution is -0.117. The molecule has 3 rings (SSSR count). The van der Waals surface area contributed by atoms with E-state index in [1.807, 2.05) is 24.3 Å². The first-order valence-electron chi connectivity index (χ1n) is 8.69. The topological polar surface area (TPSA) is 61.4 Å². The summed E-state index contributed by atoms with van der Waals surface area (Å²) in [5.41, 5.74) is 3.25. The Kier molecular flexibility index (Phi) is 5.51. The molecule has 136 valence electrons. The van der Waals surface area contributed by atoms with Gasteiger partial charge in [-0.1, -0.05) is 24.3 Å². The molecule has 1 heterocycles. The van der Waals surface area contributed by atoms with Crippen molar-refractivity contribution in [3.8, 4) is 0 Å². The van der Waals surface area contributed by atoms with Gasteiger partial charge in [0.2, 0.25) is 5.91 Å². The monoisotopic (exact) mass is 355 g/mol. The molecule has 5 nitrogen and oxygen atoms in total. The standard InChI is InChI=1S/C20H22FN3O2/c1-14-11-16(6-9-18(14)21)13-23-20(26)22-12-15-4-7-17(8-5-15)24-10-2-3-19(24)25/h4-9,11H,2-3,10,12-13H2,1H3,(H2,22,23,26). The predicted octanol–water partition coefficient (Wildman–Crippen LogP) is 3.26. The fourth-order valence-corrected chi connectivity index (χ4v) is 2.96. The van der Waals surface area contributed by atoms with E-state index in [4.69, 9.17) is 0 Å². The lowest BCUT2D eigenvalue weighted by Gasteiger charge is -2.16. The number of rotatable bonds is 5. The summed E-state index contributed by atoms with van der Waals surface area (Å²) in [5.74, 6) is -0.0939. The number of anilines is 1. The number of carbonyl (C=O) groups excluding carboxylic acids is 2. The highest BCUT2D eigenvalue weighted by molar-refractivity contribution is 5.95. The smallest absolute Gasteiger partial charge is 0.315 e. The number of hydrogen-bond acceptors (Lipinski definition) is 2. The van der Waals surface area contributed by atoms with Crippen molar-refractivity contribution in [1.82, 2.24) is 10.6 Å². The maximum absolute atomic E-state index is 13.2. The maximum Gasteiger partial charge on any atom is 0.315 e. The number of benzene rings is 2. The van der Waals surface area contributed by atoms with E-state index >= 15 is 0 Å². The van der Waals surface area contributed by atoms with Gasteiger partial charge in [-0.2, -0.15) is 0 Å². The van der Waals surface area contributed by atoms with Crippen LogP contribution >= 0.6 is 0 Å². The van der Waals surface area contributed by atoms with Crippen LogP contribution in [0.5, 0.6) is 0 Å². The molecule has 2 aromatic rings. The molecule has 1 fully saturated rings. The molecule has 0 aromatic heterocycles. The zero-order valence-corrected chi connectivity index (χ0v) is 14.7. The molecule has 0 bridgehead atoms. The molecular formula is C20H22FN3O2. The van der Waals surface area contributed by atoms with E-state index < -0.39 is 0 Å². The highest BCUT2D eigenvalue weighted by atomic mass is 19.1. The van der Waals surface area contributed by atoms with Gasteiger partial charge in [-0.15, -0.1) is 0 Å². The van der Waals surface area contributed by atoms with Gasteiger partial charge in [0.15, 0.2) is 0 Å². The SMILES string of the molecule is Cc1cc(CNC(=O)NCc2ccc(N3CCCC3=O)cc2)ccc1F. The van der Waals surface area contributed by atoms with Gasteiger partial charge >= 0.3 is 6.03 Å². The molecule has 1 saturated heterocycles. The first kappa shape index (κ1) is 17.9. The molecule has 2 aromatic carbocycles. The molecule has 2 N–H and O–H groups in total. The van der Waals surface area contributed by atoms with E-state index in [0.717, 1.165) is 29.8 Å². The molecule has 0 radical (unpaired) electrons. The summed E-state index contributed by atoms with van der Waals surface area (Å²) >= 11 is 0. The summed E-state index contributed by atoms with van der Waals surface area (Å²) in [5, 5.41) is 5.54. The Hall–Kier alpha value is -2.89. The van der Waals surface area contributed by atoms with Gasteiger partial charge in [0, 0.05) is 31.7 Å². The van der Waals surface area contributed by atoms with E-state index in [9.17, 15) is 14.0 Å². The van der Waals surface area contributed by atoms with Gasteiger partial charge < -0.3 is 15.5 Å². The fourth-order valence-electron chi connectivity index (χ4n) is 2.96. The van der Waals surface area contributed by atoms with E-state index in [1.165, 1.54) is 6.07 Å². The Morgan fingerprint density at radius 3 is 2.35 bits per heavy atom. The Bertz CT molecular complexity index is 805. The number of carbonyl (C=O) groups is 2. The van der Waals surface area contributed by atoms with Gasteiger partial charge in [-0.3, -0.25) is 4.79 Å². The first-order chi connectivity index (χ1) is 12.5. The largest absolute Gasteiger partial charge is 0.334 e.